The van der Waals surface area contributed by atoms with E-state index in [4.69, 9.17) is 10.5 Å². The van der Waals surface area contributed by atoms with Crippen LogP contribution in [0, 0.1) is 11.8 Å². The van der Waals surface area contributed by atoms with Crippen LogP contribution in [0.1, 0.15) is 44.3 Å². The molecule has 0 aromatic carbocycles. The number of ether oxygens (including phenoxy) is 1. The summed E-state index contributed by atoms with van der Waals surface area (Å²) < 4.78 is 5.22. The van der Waals surface area contributed by atoms with Crippen LogP contribution >= 0.6 is 0 Å². The van der Waals surface area contributed by atoms with Gasteiger partial charge in [0, 0.05) is 12.4 Å². The van der Waals surface area contributed by atoms with Gasteiger partial charge in [-0.3, -0.25) is 4.98 Å². The van der Waals surface area contributed by atoms with Gasteiger partial charge in [0.2, 0.25) is 5.88 Å². The number of nitrogens with two attached hydrogens (primary N) is 1. The Morgan fingerprint density at radius 2 is 1.88 bits per heavy atom. The Hall–Kier alpha value is -1.16. The molecule has 0 saturated heterocycles. The molecule has 94 valence electrons. The lowest BCUT2D eigenvalue weighted by atomic mass is 9.78. The number of nitrogens with zero attached hydrogens (tertiary/aromatic N) is 2. The van der Waals surface area contributed by atoms with Crippen LogP contribution in [0.15, 0.2) is 12.4 Å². The third kappa shape index (κ3) is 2.75. The van der Waals surface area contributed by atoms with Gasteiger partial charge in [-0.15, -0.1) is 0 Å². The first kappa shape index (κ1) is 12.3. The van der Waals surface area contributed by atoms with Gasteiger partial charge in [0.1, 0.15) is 5.69 Å². The fourth-order valence-corrected chi connectivity index (χ4v) is 2.59. The molecule has 0 spiro atoms. The summed E-state index contributed by atoms with van der Waals surface area (Å²) in [5.41, 5.74) is 7.11. The lowest BCUT2D eigenvalue weighted by Crippen LogP contribution is -2.26. The van der Waals surface area contributed by atoms with E-state index in [0.717, 1.165) is 11.6 Å². The molecule has 1 atom stereocenters. The zero-order chi connectivity index (χ0) is 12.3. The molecular formula is C13H21N3O. The van der Waals surface area contributed by atoms with Gasteiger partial charge in [0.25, 0.3) is 0 Å². The quantitative estimate of drug-likeness (QED) is 0.873. The molecule has 2 rings (SSSR count). The molecule has 4 nitrogen and oxygen atoms in total. The topological polar surface area (TPSA) is 61.0 Å². The highest BCUT2D eigenvalue weighted by molar-refractivity contribution is 5.21. The molecule has 17 heavy (non-hydrogen) atoms. The first-order chi connectivity index (χ1) is 8.22. The van der Waals surface area contributed by atoms with Gasteiger partial charge in [-0.2, -0.15) is 0 Å². The molecule has 1 aliphatic carbocycles. The van der Waals surface area contributed by atoms with Crippen LogP contribution in [0.2, 0.25) is 0 Å². The number of hydrogen-bond donors (Lipinski definition) is 1. The average molecular weight is 235 g/mol. The van der Waals surface area contributed by atoms with E-state index in [2.05, 4.69) is 16.9 Å². The maximum atomic E-state index is 6.31. The minimum atomic E-state index is -0.0499. The molecule has 4 heteroatoms. The second-order valence-corrected chi connectivity index (χ2v) is 5.00. The van der Waals surface area contributed by atoms with Crippen molar-refractivity contribution in [1.82, 2.24) is 9.97 Å². The number of rotatable bonds is 3. The number of aromatic nitrogens is 2. The van der Waals surface area contributed by atoms with Gasteiger partial charge in [-0.1, -0.05) is 19.8 Å². The summed E-state index contributed by atoms with van der Waals surface area (Å²) in [7, 11) is 1.61. The molecule has 0 aliphatic heterocycles. The highest BCUT2D eigenvalue weighted by atomic mass is 16.5. The van der Waals surface area contributed by atoms with Crippen molar-refractivity contribution in [3.05, 3.63) is 18.1 Å². The Kier molecular flexibility index (Phi) is 3.94. The Bertz CT molecular complexity index is 361. The monoisotopic (exact) mass is 235 g/mol. The second-order valence-electron chi connectivity index (χ2n) is 5.00. The highest BCUT2D eigenvalue weighted by Crippen LogP contribution is 2.36. The predicted molar refractivity (Wildman–Crippen MR) is 66.6 cm³/mol. The van der Waals surface area contributed by atoms with Crippen LogP contribution in [0.5, 0.6) is 5.88 Å². The normalized spacial score (nSPS) is 26.5. The minimum Gasteiger partial charge on any atom is -0.480 e. The van der Waals surface area contributed by atoms with Crippen molar-refractivity contribution < 1.29 is 4.74 Å². The Balaban J connectivity index is 2.10. The highest BCUT2D eigenvalue weighted by Gasteiger charge is 2.27. The molecule has 1 fully saturated rings. The van der Waals surface area contributed by atoms with E-state index < -0.39 is 0 Å². The largest absolute Gasteiger partial charge is 0.480 e. The smallest absolute Gasteiger partial charge is 0.236 e. The van der Waals surface area contributed by atoms with E-state index in [1.165, 1.54) is 25.7 Å². The van der Waals surface area contributed by atoms with Crippen molar-refractivity contribution in [2.75, 3.05) is 7.11 Å². The fourth-order valence-electron chi connectivity index (χ4n) is 2.59. The molecule has 0 bridgehead atoms. The zero-order valence-electron chi connectivity index (χ0n) is 10.6. The Morgan fingerprint density at radius 1 is 1.24 bits per heavy atom. The molecule has 1 aliphatic rings. The summed E-state index contributed by atoms with van der Waals surface area (Å²) in [6.45, 7) is 2.31. The summed E-state index contributed by atoms with van der Waals surface area (Å²) >= 11 is 0. The lowest BCUT2D eigenvalue weighted by Gasteiger charge is -2.30. The second kappa shape index (κ2) is 5.45. The molecule has 1 heterocycles. The van der Waals surface area contributed by atoms with Crippen molar-refractivity contribution in [1.29, 1.82) is 0 Å². The number of methoxy groups -OCH3 is 1. The lowest BCUT2D eigenvalue weighted by molar-refractivity contribution is 0.249. The van der Waals surface area contributed by atoms with Gasteiger partial charge >= 0.3 is 0 Å². The van der Waals surface area contributed by atoms with E-state index in [-0.39, 0.29) is 6.04 Å². The molecule has 1 unspecified atom stereocenters. The van der Waals surface area contributed by atoms with Crippen LogP contribution in [-0.2, 0) is 0 Å². The van der Waals surface area contributed by atoms with Gasteiger partial charge in [0.05, 0.1) is 13.2 Å². The van der Waals surface area contributed by atoms with Gasteiger partial charge in [0.15, 0.2) is 0 Å². The van der Waals surface area contributed by atoms with Gasteiger partial charge in [-0.25, -0.2) is 4.98 Å². The van der Waals surface area contributed by atoms with Crippen LogP contribution in [0.25, 0.3) is 0 Å². The zero-order valence-corrected chi connectivity index (χ0v) is 10.6. The molecule has 2 N–H and O–H groups in total. The first-order valence-electron chi connectivity index (χ1n) is 6.33. The van der Waals surface area contributed by atoms with Crippen molar-refractivity contribution in [2.24, 2.45) is 17.6 Å². The van der Waals surface area contributed by atoms with E-state index >= 15 is 0 Å². The summed E-state index contributed by atoms with van der Waals surface area (Å²) in [4.78, 5) is 8.49. The van der Waals surface area contributed by atoms with E-state index in [9.17, 15) is 0 Å². The minimum absolute atomic E-state index is 0.0499. The molecule has 0 radical (unpaired) electrons. The van der Waals surface area contributed by atoms with Crippen LogP contribution in [0.3, 0.4) is 0 Å². The third-order valence-corrected chi connectivity index (χ3v) is 3.77. The molecule has 1 aromatic rings. The van der Waals surface area contributed by atoms with E-state index in [1.807, 2.05) is 0 Å². The maximum absolute atomic E-state index is 6.31. The standard InChI is InChI=1S/C13H21N3O/c1-9-3-5-10(6-4-9)11(14)12-13(17-2)16-8-7-15-12/h7-11H,3-6,14H2,1-2H3. The SMILES string of the molecule is COc1nccnc1C(N)C1CCC(C)CC1. The fraction of sp³-hybridized carbons (Fsp3) is 0.692. The summed E-state index contributed by atoms with van der Waals surface area (Å²) in [6.07, 6.45) is 8.22. The Labute approximate surface area is 103 Å². The molecular weight excluding hydrogens is 214 g/mol. The summed E-state index contributed by atoms with van der Waals surface area (Å²) in [5, 5.41) is 0. The predicted octanol–water partition coefficient (Wildman–Crippen LogP) is 2.31. The Morgan fingerprint density at radius 3 is 2.53 bits per heavy atom. The van der Waals surface area contributed by atoms with E-state index in [0.29, 0.717) is 11.8 Å². The summed E-state index contributed by atoms with van der Waals surface area (Å²) in [6, 6.07) is -0.0499. The number of hydrogen-bond acceptors (Lipinski definition) is 4. The third-order valence-electron chi connectivity index (χ3n) is 3.77. The summed E-state index contributed by atoms with van der Waals surface area (Å²) in [5.74, 6) is 1.91. The van der Waals surface area contributed by atoms with Crippen LogP contribution in [0.4, 0.5) is 0 Å². The van der Waals surface area contributed by atoms with Gasteiger partial charge < -0.3 is 10.5 Å². The average Bonchev–Trinajstić information content (AvgIpc) is 2.39. The van der Waals surface area contributed by atoms with Crippen molar-refractivity contribution in [2.45, 2.75) is 38.6 Å². The molecule has 1 saturated carbocycles. The van der Waals surface area contributed by atoms with Crippen molar-refractivity contribution in [3.8, 4) is 5.88 Å². The van der Waals surface area contributed by atoms with Crippen LogP contribution in [-0.4, -0.2) is 17.1 Å². The first-order valence-corrected chi connectivity index (χ1v) is 6.33. The van der Waals surface area contributed by atoms with Crippen molar-refractivity contribution in [3.63, 3.8) is 0 Å². The van der Waals surface area contributed by atoms with Crippen molar-refractivity contribution >= 4 is 0 Å². The van der Waals surface area contributed by atoms with Crippen LogP contribution < -0.4 is 10.5 Å². The van der Waals surface area contributed by atoms with Gasteiger partial charge in [-0.05, 0) is 24.7 Å². The van der Waals surface area contributed by atoms with E-state index in [1.54, 1.807) is 19.5 Å². The molecule has 1 aromatic heterocycles. The molecule has 0 amide bonds. The maximum Gasteiger partial charge on any atom is 0.236 e.